The Labute approximate surface area is 100 Å². The zero-order valence-electron chi connectivity index (χ0n) is 9.63. The molecule has 2 aromatic heterocycles. The fourth-order valence-electron chi connectivity index (χ4n) is 2.42. The first-order valence-electron chi connectivity index (χ1n) is 5.69. The van der Waals surface area contributed by atoms with E-state index in [2.05, 4.69) is 4.98 Å². The van der Waals surface area contributed by atoms with E-state index in [1.165, 1.54) is 0 Å². The van der Waals surface area contributed by atoms with Crippen LogP contribution in [0.25, 0.3) is 5.52 Å². The van der Waals surface area contributed by atoms with Crippen molar-refractivity contribution in [3.8, 4) is 0 Å². The van der Waals surface area contributed by atoms with Crippen molar-refractivity contribution in [1.29, 1.82) is 0 Å². The van der Waals surface area contributed by atoms with Gasteiger partial charge in [0.15, 0.2) is 9.84 Å². The number of aryl methyl sites for hydroxylation is 1. The van der Waals surface area contributed by atoms with Crippen molar-refractivity contribution in [1.82, 2.24) is 9.38 Å². The van der Waals surface area contributed by atoms with Gasteiger partial charge in [-0.25, -0.2) is 13.4 Å². The highest BCUT2D eigenvalue weighted by Gasteiger charge is 2.31. The summed E-state index contributed by atoms with van der Waals surface area (Å²) < 4.78 is 25.0. The zero-order valence-corrected chi connectivity index (χ0v) is 10.4. The highest BCUT2D eigenvalue weighted by molar-refractivity contribution is 7.91. The lowest BCUT2D eigenvalue weighted by Gasteiger charge is -2.07. The molecule has 1 unspecified atom stereocenters. The average molecular weight is 250 g/mol. The van der Waals surface area contributed by atoms with Crippen LogP contribution in [-0.2, 0) is 9.84 Å². The van der Waals surface area contributed by atoms with Gasteiger partial charge in [-0.2, -0.15) is 0 Å². The van der Waals surface area contributed by atoms with Gasteiger partial charge in [0.25, 0.3) is 0 Å². The zero-order chi connectivity index (χ0) is 12.0. The van der Waals surface area contributed by atoms with Crippen molar-refractivity contribution in [2.75, 3.05) is 11.5 Å². The Morgan fingerprint density at radius 3 is 2.94 bits per heavy atom. The van der Waals surface area contributed by atoms with Gasteiger partial charge in [-0.15, -0.1) is 0 Å². The lowest BCUT2D eigenvalue weighted by Crippen LogP contribution is -2.07. The molecule has 0 aromatic carbocycles. The standard InChI is InChI=1S/C12H14N2O2S/c1-9-2-3-11-6-13-12(14(11)7-9)10-4-5-17(15,16)8-10/h2-3,6-7,10H,4-5,8H2,1H3. The fourth-order valence-corrected chi connectivity index (χ4v) is 4.16. The first kappa shape index (κ1) is 10.8. The van der Waals surface area contributed by atoms with Crippen molar-refractivity contribution in [3.05, 3.63) is 35.9 Å². The van der Waals surface area contributed by atoms with Gasteiger partial charge in [0, 0.05) is 12.1 Å². The Bertz CT molecular complexity index is 673. The van der Waals surface area contributed by atoms with Gasteiger partial charge < -0.3 is 4.40 Å². The van der Waals surface area contributed by atoms with Crippen LogP contribution in [-0.4, -0.2) is 29.3 Å². The number of fused-ring (bicyclic) bond motifs is 1. The Morgan fingerprint density at radius 1 is 1.41 bits per heavy atom. The lowest BCUT2D eigenvalue weighted by atomic mass is 10.1. The van der Waals surface area contributed by atoms with Crippen LogP contribution in [0.1, 0.15) is 23.7 Å². The number of imidazole rings is 1. The Kier molecular flexibility index (Phi) is 2.26. The summed E-state index contributed by atoms with van der Waals surface area (Å²) in [7, 11) is -2.85. The van der Waals surface area contributed by atoms with Crippen LogP contribution >= 0.6 is 0 Å². The van der Waals surface area contributed by atoms with E-state index in [9.17, 15) is 8.42 Å². The van der Waals surface area contributed by atoms with Crippen LogP contribution in [0.4, 0.5) is 0 Å². The quantitative estimate of drug-likeness (QED) is 0.771. The summed E-state index contributed by atoms with van der Waals surface area (Å²) in [6, 6.07) is 4.04. The second-order valence-electron chi connectivity index (χ2n) is 4.72. The van der Waals surface area contributed by atoms with E-state index in [1.54, 1.807) is 6.20 Å². The van der Waals surface area contributed by atoms with E-state index < -0.39 is 9.84 Å². The van der Waals surface area contributed by atoms with Crippen LogP contribution in [0.15, 0.2) is 24.5 Å². The summed E-state index contributed by atoms with van der Waals surface area (Å²) in [6.45, 7) is 2.02. The summed E-state index contributed by atoms with van der Waals surface area (Å²) in [4.78, 5) is 4.38. The van der Waals surface area contributed by atoms with Crippen LogP contribution in [0.3, 0.4) is 0 Å². The fraction of sp³-hybridized carbons (Fsp3) is 0.417. The molecule has 1 aliphatic heterocycles. The summed E-state index contributed by atoms with van der Waals surface area (Å²) in [5.74, 6) is 1.45. The summed E-state index contributed by atoms with van der Waals surface area (Å²) in [5.41, 5.74) is 2.17. The summed E-state index contributed by atoms with van der Waals surface area (Å²) in [5, 5.41) is 0. The topological polar surface area (TPSA) is 51.4 Å². The molecule has 1 saturated heterocycles. The molecule has 1 atom stereocenters. The minimum absolute atomic E-state index is 0.0456. The van der Waals surface area contributed by atoms with E-state index in [-0.39, 0.29) is 11.7 Å². The summed E-state index contributed by atoms with van der Waals surface area (Å²) >= 11 is 0. The van der Waals surface area contributed by atoms with Crippen LogP contribution in [0.5, 0.6) is 0 Å². The molecule has 1 aliphatic rings. The van der Waals surface area contributed by atoms with Gasteiger partial charge in [-0.05, 0) is 25.0 Å². The molecule has 0 bridgehead atoms. The van der Waals surface area contributed by atoms with Crippen LogP contribution in [0.2, 0.25) is 0 Å². The Morgan fingerprint density at radius 2 is 2.24 bits per heavy atom. The van der Waals surface area contributed by atoms with Gasteiger partial charge in [-0.3, -0.25) is 0 Å². The smallest absolute Gasteiger partial charge is 0.151 e. The Hall–Kier alpha value is -1.36. The lowest BCUT2D eigenvalue weighted by molar-refractivity contribution is 0.601. The van der Waals surface area contributed by atoms with Crippen molar-refractivity contribution >= 4 is 15.4 Å². The van der Waals surface area contributed by atoms with Gasteiger partial charge >= 0.3 is 0 Å². The molecule has 3 rings (SSSR count). The van der Waals surface area contributed by atoms with Gasteiger partial charge in [0.2, 0.25) is 0 Å². The summed E-state index contributed by atoms with van der Waals surface area (Å²) in [6.07, 6.45) is 4.51. The van der Waals surface area contributed by atoms with Crippen molar-refractivity contribution < 1.29 is 8.42 Å². The van der Waals surface area contributed by atoms with Crippen molar-refractivity contribution in [2.45, 2.75) is 19.3 Å². The largest absolute Gasteiger partial charge is 0.303 e. The molecule has 4 nitrogen and oxygen atoms in total. The second kappa shape index (κ2) is 3.57. The molecule has 2 aromatic rings. The maximum Gasteiger partial charge on any atom is 0.151 e. The number of sulfone groups is 1. The van der Waals surface area contributed by atoms with E-state index >= 15 is 0 Å². The SMILES string of the molecule is Cc1ccc2cnc(C3CCS(=O)(=O)C3)n2c1. The molecule has 17 heavy (non-hydrogen) atoms. The molecule has 3 heterocycles. The van der Waals surface area contributed by atoms with Crippen molar-refractivity contribution in [3.63, 3.8) is 0 Å². The molecule has 0 radical (unpaired) electrons. The third-order valence-electron chi connectivity index (χ3n) is 3.30. The number of hydrogen-bond acceptors (Lipinski definition) is 3. The molecular weight excluding hydrogens is 236 g/mol. The first-order valence-corrected chi connectivity index (χ1v) is 7.51. The normalized spacial score (nSPS) is 23.2. The second-order valence-corrected chi connectivity index (χ2v) is 6.95. The molecule has 0 aliphatic carbocycles. The first-order chi connectivity index (χ1) is 8.05. The Balaban J connectivity index is 2.09. The van der Waals surface area contributed by atoms with Gasteiger partial charge in [-0.1, -0.05) is 6.07 Å². The van der Waals surface area contributed by atoms with E-state index in [0.29, 0.717) is 12.2 Å². The molecule has 0 N–H and O–H groups in total. The van der Waals surface area contributed by atoms with Crippen molar-refractivity contribution in [2.24, 2.45) is 0 Å². The minimum atomic E-state index is -2.85. The molecule has 90 valence electrons. The third-order valence-corrected chi connectivity index (χ3v) is 5.07. The molecular formula is C12H14N2O2S. The third kappa shape index (κ3) is 1.84. The number of rotatable bonds is 1. The molecule has 0 spiro atoms. The van der Waals surface area contributed by atoms with Crippen LogP contribution < -0.4 is 0 Å². The van der Waals surface area contributed by atoms with E-state index in [1.807, 2.05) is 29.7 Å². The monoisotopic (exact) mass is 250 g/mol. The highest BCUT2D eigenvalue weighted by atomic mass is 32.2. The van der Waals surface area contributed by atoms with E-state index in [4.69, 9.17) is 0 Å². The number of pyridine rings is 1. The minimum Gasteiger partial charge on any atom is -0.303 e. The molecule has 0 amide bonds. The van der Waals surface area contributed by atoms with E-state index in [0.717, 1.165) is 16.9 Å². The highest BCUT2D eigenvalue weighted by Crippen LogP contribution is 2.28. The molecule has 0 saturated carbocycles. The van der Waals surface area contributed by atoms with Crippen LogP contribution in [0, 0.1) is 6.92 Å². The maximum atomic E-state index is 11.5. The average Bonchev–Trinajstić information content (AvgIpc) is 2.81. The molecule has 1 fully saturated rings. The predicted octanol–water partition coefficient (Wildman–Crippen LogP) is 1.54. The predicted molar refractivity (Wildman–Crippen MR) is 65.9 cm³/mol. The number of nitrogens with zero attached hydrogens (tertiary/aromatic N) is 2. The number of aromatic nitrogens is 2. The van der Waals surface area contributed by atoms with Gasteiger partial charge in [0.05, 0.1) is 23.2 Å². The number of hydrogen-bond donors (Lipinski definition) is 0. The maximum absolute atomic E-state index is 11.5. The van der Waals surface area contributed by atoms with Gasteiger partial charge in [0.1, 0.15) is 5.82 Å². The molecule has 5 heteroatoms.